The van der Waals surface area contributed by atoms with Crippen LogP contribution in [0.1, 0.15) is 64.2 Å². The summed E-state index contributed by atoms with van der Waals surface area (Å²) in [6.07, 6.45) is 16.0. The maximum atomic E-state index is 8.96. The van der Waals surface area contributed by atoms with Gasteiger partial charge in [-0.1, -0.05) is 24.5 Å². The van der Waals surface area contributed by atoms with Gasteiger partial charge in [0.2, 0.25) is 0 Å². The van der Waals surface area contributed by atoms with E-state index in [1.54, 1.807) is 5.57 Å². The molecular weight excluding hydrogens is 236 g/mol. The molecule has 1 saturated carbocycles. The van der Waals surface area contributed by atoms with Crippen LogP contribution in [0.15, 0.2) is 11.6 Å². The average Bonchev–Trinajstić information content (AvgIpc) is 2.47. The van der Waals surface area contributed by atoms with Crippen LogP contribution in [0.3, 0.4) is 0 Å². The number of aliphatic hydroxyl groups excluding tert-OH is 1. The van der Waals surface area contributed by atoms with E-state index in [1.807, 2.05) is 0 Å². The van der Waals surface area contributed by atoms with E-state index in [4.69, 9.17) is 9.84 Å². The van der Waals surface area contributed by atoms with Gasteiger partial charge in [-0.2, -0.15) is 0 Å². The summed E-state index contributed by atoms with van der Waals surface area (Å²) in [7, 11) is 0. The van der Waals surface area contributed by atoms with Crippen molar-refractivity contribution in [2.24, 2.45) is 11.8 Å². The first-order valence-electron chi connectivity index (χ1n) is 8.36. The highest BCUT2D eigenvalue weighted by Crippen LogP contribution is 2.46. The van der Waals surface area contributed by atoms with E-state index in [1.165, 1.54) is 44.9 Å². The van der Waals surface area contributed by atoms with Crippen molar-refractivity contribution in [2.75, 3.05) is 6.61 Å². The SMILES string of the molecule is OCCCC[C@@H]1O[C@@H]2CCCC[C@@H]2C2=CCCC[C@@H]21. The van der Waals surface area contributed by atoms with Crippen LogP contribution in [-0.2, 0) is 4.74 Å². The third-order valence-electron chi connectivity index (χ3n) is 5.35. The molecule has 0 aromatic heterocycles. The lowest BCUT2D eigenvalue weighted by atomic mass is 9.68. The van der Waals surface area contributed by atoms with Crippen molar-refractivity contribution in [3.05, 3.63) is 11.6 Å². The normalized spacial score (nSPS) is 38.3. The second-order valence-corrected chi connectivity index (χ2v) is 6.56. The van der Waals surface area contributed by atoms with E-state index in [0.717, 1.165) is 25.2 Å². The summed E-state index contributed by atoms with van der Waals surface area (Å²) in [6.45, 7) is 0.326. The summed E-state index contributed by atoms with van der Waals surface area (Å²) in [4.78, 5) is 0. The molecule has 2 fully saturated rings. The Balaban J connectivity index is 1.71. The zero-order valence-corrected chi connectivity index (χ0v) is 12.0. The molecule has 1 heterocycles. The zero-order valence-electron chi connectivity index (χ0n) is 12.0. The minimum absolute atomic E-state index is 0.326. The summed E-state index contributed by atoms with van der Waals surface area (Å²) in [5.41, 5.74) is 1.76. The Morgan fingerprint density at radius 1 is 1.05 bits per heavy atom. The first-order chi connectivity index (χ1) is 9.40. The van der Waals surface area contributed by atoms with Crippen LogP contribution in [0.2, 0.25) is 0 Å². The number of rotatable bonds is 4. The van der Waals surface area contributed by atoms with Crippen LogP contribution in [-0.4, -0.2) is 23.9 Å². The van der Waals surface area contributed by atoms with E-state index in [9.17, 15) is 0 Å². The summed E-state index contributed by atoms with van der Waals surface area (Å²) in [5.74, 6) is 1.44. The second-order valence-electron chi connectivity index (χ2n) is 6.56. The fourth-order valence-corrected chi connectivity index (χ4v) is 4.44. The molecule has 0 aromatic carbocycles. The average molecular weight is 264 g/mol. The lowest BCUT2D eigenvalue weighted by Crippen LogP contribution is -2.45. The molecule has 108 valence electrons. The van der Waals surface area contributed by atoms with Gasteiger partial charge >= 0.3 is 0 Å². The number of unbranched alkanes of at least 4 members (excludes halogenated alkanes) is 1. The van der Waals surface area contributed by atoms with Crippen molar-refractivity contribution >= 4 is 0 Å². The van der Waals surface area contributed by atoms with Crippen LogP contribution in [0, 0.1) is 11.8 Å². The molecule has 4 atom stereocenters. The van der Waals surface area contributed by atoms with Crippen molar-refractivity contribution in [1.29, 1.82) is 0 Å². The van der Waals surface area contributed by atoms with Crippen LogP contribution in [0.5, 0.6) is 0 Å². The summed E-state index contributed by atoms with van der Waals surface area (Å²) < 4.78 is 6.48. The first kappa shape index (κ1) is 13.6. The van der Waals surface area contributed by atoms with Gasteiger partial charge in [-0.3, -0.25) is 0 Å². The molecule has 0 amide bonds. The molecule has 1 N–H and O–H groups in total. The number of hydrogen-bond donors (Lipinski definition) is 1. The molecule has 2 nitrogen and oxygen atoms in total. The van der Waals surface area contributed by atoms with Gasteiger partial charge in [-0.15, -0.1) is 0 Å². The third-order valence-corrected chi connectivity index (χ3v) is 5.35. The molecule has 0 unspecified atom stereocenters. The number of hydrogen-bond acceptors (Lipinski definition) is 2. The van der Waals surface area contributed by atoms with Crippen molar-refractivity contribution in [2.45, 2.75) is 76.4 Å². The van der Waals surface area contributed by atoms with Gasteiger partial charge in [0.25, 0.3) is 0 Å². The topological polar surface area (TPSA) is 29.5 Å². The van der Waals surface area contributed by atoms with Crippen LogP contribution in [0.25, 0.3) is 0 Å². The quantitative estimate of drug-likeness (QED) is 0.617. The third kappa shape index (κ3) is 2.90. The van der Waals surface area contributed by atoms with Crippen molar-refractivity contribution in [3.63, 3.8) is 0 Å². The number of fused-ring (bicyclic) bond motifs is 3. The Labute approximate surface area is 117 Å². The summed E-state index contributed by atoms with van der Waals surface area (Å²) in [5, 5.41) is 8.96. The van der Waals surface area contributed by atoms with E-state index in [0.29, 0.717) is 24.7 Å². The summed E-state index contributed by atoms with van der Waals surface area (Å²) in [6, 6.07) is 0. The number of ether oxygens (including phenoxy) is 1. The summed E-state index contributed by atoms with van der Waals surface area (Å²) >= 11 is 0. The predicted molar refractivity (Wildman–Crippen MR) is 77.0 cm³/mol. The van der Waals surface area contributed by atoms with Gasteiger partial charge in [0, 0.05) is 18.4 Å². The molecule has 1 aliphatic heterocycles. The maximum absolute atomic E-state index is 8.96. The predicted octanol–water partition coefficient (Wildman–Crippen LogP) is 3.83. The van der Waals surface area contributed by atoms with Gasteiger partial charge in [0.05, 0.1) is 12.2 Å². The Hall–Kier alpha value is -0.340. The molecule has 1 saturated heterocycles. The standard InChI is InChI=1S/C17H28O2/c18-12-6-5-11-17-14-8-2-1-7-13(14)15-9-3-4-10-16(15)19-17/h7,14-18H,1-6,8-12H2/t14-,15+,16+,17-/m0/s1. The van der Waals surface area contributed by atoms with E-state index in [-0.39, 0.29) is 0 Å². The number of aliphatic hydroxyl groups is 1. The molecule has 2 heteroatoms. The number of allylic oxidation sites excluding steroid dienone is 1. The highest BCUT2D eigenvalue weighted by Gasteiger charge is 2.42. The molecule has 0 radical (unpaired) electrons. The van der Waals surface area contributed by atoms with Crippen molar-refractivity contribution in [1.82, 2.24) is 0 Å². The van der Waals surface area contributed by atoms with Crippen LogP contribution >= 0.6 is 0 Å². The van der Waals surface area contributed by atoms with Crippen molar-refractivity contribution in [3.8, 4) is 0 Å². The second kappa shape index (κ2) is 6.41. The molecule has 2 aliphatic carbocycles. The van der Waals surface area contributed by atoms with E-state index >= 15 is 0 Å². The minimum atomic E-state index is 0.326. The van der Waals surface area contributed by atoms with Gasteiger partial charge in [-0.25, -0.2) is 0 Å². The first-order valence-corrected chi connectivity index (χ1v) is 8.36. The highest BCUT2D eigenvalue weighted by atomic mass is 16.5. The maximum Gasteiger partial charge on any atom is 0.0644 e. The van der Waals surface area contributed by atoms with Crippen LogP contribution < -0.4 is 0 Å². The Morgan fingerprint density at radius 3 is 2.79 bits per heavy atom. The molecule has 0 bridgehead atoms. The smallest absolute Gasteiger partial charge is 0.0644 e. The molecule has 19 heavy (non-hydrogen) atoms. The fraction of sp³-hybridized carbons (Fsp3) is 0.882. The molecule has 3 rings (SSSR count). The monoisotopic (exact) mass is 264 g/mol. The van der Waals surface area contributed by atoms with Crippen LogP contribution in [0.4, 0.5) is 0 Å². The zero-order chi connectivity index (χ0) is 13.1. The molecular formula is C17H28O2. The Bertz CT molecular complexity index is 323. The minimum Gasteiger partial charge on any atom is -0.396 e. The molecule has 0 spiro atoms. The van der Waals surface area contributed by atoms with Crippen molar-refractivity contribution < 1.29 is 9.84 Å². The van der Waals surface area contributed by atoms with Gasteiger partial charge < -0.3 is 9.84 Å². The highest BCUT2D eigenvalue weighted by molar-refractivity contribution is 5.20. The molecule has 0 aromatic rings. The lowest BCUT2D eigenvalue weighted by Gasteiger charge is -2.47. The van der Waals surface area contributed by atoms with Gasteiger partial charge in [0.15, 0.2) is 0 Å². The molecule has 3 aliphatic rings. The Morgan fingerprint density at radius 2 is 1.89 bits per heavy atom. The van der Waals surface area contributed by atoms with Gasteiger partial charge in [-0.05, 0) is 51.4 Å². The fourth-order valence-electron chi connectivity index (χ4n) is 4.44. The van der Waals surface area contributed by atoms with E-state index < -0.39 is 0 Å². The Kier molecular flexibility index (Phi) is 4.60. The van der Waals surface area contributed by atoms with E-state index in [2.05, 4.69) is 6.08 Å². The largest absolute Gasteiger partial charge is 0.396 e. The lowest BCUT2D eigenvalue weighted by molar-refractivity contribution is -0.107. The van der Waals surface area contributed by atoms with Gasteiger partial charge in [0.1, 0.15) is 0 Å².